The van der Waals surface area contributed by atoms with E-state index in [2.05, 4.69) is 5.32 Å². The lowest BCUT2D eigenvalue weighted by atomic mass is 9.97. The maximum absolute atomic E-state index is 13.7. The first-order valence-corrected chi connectivity index (χ1v) is 5.60. The van der Waals surface area contributed by atoms with Gasteiger partial charge in [0.15, 0.2) is 0 Å². The lowest BCUT2D eigenvalue weighted by molar-refractivity contribution is 0.528. The molecule has 5 heteroatoms. The first kappa shape index (κ1) is 13.5. The van der Waals surface area contributed by atoms with Crippen molar-refractivity contribution in [2.24, 2.45) is 0 Å². The normalized spacial score (nSPS) is 12.5. The van der Waals surface area contributed by atoms with Crippen molar-refractivity contribution in [3.63, 3.8) is 0 Å². The van der Waals surface area contributed by atoms with Gasteiger partial charge in [-0.3, -0.25) is 0 Å². The van der Waals surface area contributed by atoms with Gasteiger partial charge in [0, 0.05) is 17.2 Å². The number of hydrogen-bond donors (Lipinski definition) is 1. The lowest BCUT2D eigenvalue weighted by Crippen LogP contribution is -2.20. The summed E-state index contributed by atoms with van der Waals surface area (Å²) in [6.45, 7) is 0. The summed E-state index contributed by atoms with van der Waals surface area (Å²) in [5, 5.41) is 2.69. The Morgan fingerprint density at radius 2 is 1.42 bits per heavy atom. The molecule has 0 radical (unpaired) electrons. The van der Waals surface area contributed by atoms with E-state index in [9.17, 15) is 17.6 Å². The molecule has 0 fully saturated rings. The molecule has 0 saturated carbocycles. The summed E-state index contributed by atoms with van der Waals surface area (Å²) in [5.74, 6) is -2.83. The smallest absolute Gasteiger partial charge is 0.131 e. The first-order valence-electron chi connectivity index (χ1n) is 5.60. The third-order valence-corrected chi connectivity index (χ3v) is 2.83. The molecule has 2 rings (SSSR count). The standard InChI is InChI=1S/C14H11F4N/c1-19-14(10-4-2-9(16)7-13(10)18)11-6-8(15)3-5-12(11)17/h2-7,14,19H,1H3. The molecule has 1 unspecified atom stereocenters. The van der Waals surface area contributed by atoms with Crippen LogP contribution < -0.4 is 5.32 Å². The highest BCUT2D eigenvalue weighted by molar-refractivity contribution is 5.34. The quantitative estimate of drug-likeness (QED) is 0.840. The second-order valence-corrected chi connectivity index (χ2v) is 4.05. The average molecular weight is 269 g/mol. The Morgan fingerprint density at radius 1 is 0.789 bits per heavy atom. The van der Waals surface area contributed by atoms with Crippen LogP contribution in [0.1, 0.15) is 17.2 Å². The topological polar surface area (TPSA) is 12.0 Å². The molecule has 1 N–H and O–H groups in total. The fourth-order valence-electron chi connectivity index (χ4n) is 1.95. The van der Waals surface area contributed by atoms with E-state index in [1.807, 2.05) is 0 Å². The molecule has 1 nitrogen and oxygen atoms in total. The van der Waals surface area contributed by atoms with E-state index in [0.717, 1.165) is 24.3 Å². The predicted molar refractivity (Wildman–Crippen MR) is 63.6 cm³/mol. The van der Waals surface area contributed by atoms with Crippen molar-refractivity contribution in [3.05, 3.63) is 70.8 Å². The third-order valence-electron chi connectivity index (χ3n) is 2.83. The summed E-state index contributed by atoms with van der Waals surface area (Å²) in [5.41, 5.74) is 0.0152. The molecule has 1 atom stereocenters. The molecule has 0 aliphatic carbocycles. The second kappa shape index (κ2) is 5.40. The van der Waals surface area contributed by atoms with Crippen LogP contribution in [0, 0.1) is 23.3 Å². The minimum Gasteiger partial charge on any atom is -0.309 e. The summed E-state index contributed by atoms with van der Waals surface area (Å²) in [7, 11) is 1.48. The van der Waals surface area contributed by atoms with E-state index in [1.54, 1.807) is 0 Å². The van der Waals surface area contributed by atoms with E-state index >= 15 is 0 Å². The van der Waals surface area contributed by atoms with Gasteiger partial charge in [-0.15, -0.1) is 0 Å². The van der Waals surface area contributed by atoms with Crippen LogP contribution in [-0.2, 0) is 0 Å². The molecule has 2 aromatic rings. The minimum absolute atomic E-state index is 0.0343. The van der Waals surface area contributed by atoms with Crippen LogP contribution in [0.25, 0.3) is 0 Å². The van der Waals surface area contributed by atoms with Crippen molar-refractivity contribution in [1.82, 2.24) is 5.32 Å². The van der Waals surface area contributed by atoms with Crippen LogP contribution in [0.4, 0.5) is 17.6 Å². The molecule has 0 saturated heterocycles. The van der Waals surface area contributed by atoms with Crippen LogP contribution in [0.15, 0.2) is 36.4 Å². The molecule has 0 bridgehead atoms. The van der Waals surface area contributed by atoms with Crippen molar-refractivity contribution in [2.45, 2.75) is 6.04 Å². The Balaban J connectivity index is 2.52. The van der Waals surface area contributed by atoms with Gasteiger partial charge in [-0.2, -0.15) is 0 Å². The Hall–Kier alpha value is -1.88. The molecule has 0 amide bonds. The van der Waals surface area contributed by atoms with Gasteiger partial charge in [0.1, 0.15) is 23.3 Å². The van der Waals surface area contributed by atoms with Gasteiger partial charge >= 0.3 is 0 Å². The number of rotatable bonds is 3. The molecule has 19 heavy (non-hydrogen) atoms. The summed E-state index contributed by atoms with van der Waals surface area (Å²) >= 11 is 0. The van der Waals surface area contributed by atoms with Gasteiger partial charge in [0.25, 0.3) is 0 Å². The largest absolute Gasteiger partial charge is 0.309 e. The van der Waals surface area contributed by atoms with Crippen molar-refractivity contribution in [2.75, 3.05) is 7.05 Å². The van der Waals surface area contributed by atoms with Crippen LogP contribution in [0.2, 0.25) is 0 Å². The molecule has 100 valence electrons. The first-order chi connectivity index (χ1) is 9.02. The summed E-state index contributed by atoms with van der Waals surface area (Å²) < 4.78 is 53.5. The van der Waals surface area contributed by atoms with Gasteiger partial charge in [0.2, 0.25) is 0 Å². The van der Waals surface area contributed by atoms with Crippen LogP contribution in [-0.4, -0.2) is 7.05 Å². The Labute approximate surface area is 107 Å². The van der Waals surface area contributed by atoms with Crippen molar-refractivity contribution >= 4 is 0 Å². The van der Waals surface area contributed by atoms with E-state index in [-0.39, 0.29) is 11.1 Å². The van der Waals surface area contributed by atoms with Crippen LogP contribution in [0.3, 0.4) is 0 Å². The second-order valence-electron chi connectivity index (χ2n) is 4.05. The maximum atomic E-state index is 13.7. The molecule has 2 aromatic carbocycles. The number of halogens is 4. The van der Waals surface area contributed by atoms with Crippen molar-refractivity contribution in [3.8, 4) is 0 Å². The molecular formula is C14H11F4N. The number of nitrogens with one attached hydrogen (secondary N) is 1. The van der Waals surface area contributed by atoms with Gasteiger partial charge in [-0.25, -0.2) is 17.6 Å². The zero-order chi connectivity index (χ0) is 14.0. The zero-order valence-electron chi connectivity index (χ0n) is 10.1. The van der Waals surface area contributed by atoms with Gasteiger partial charge in [0.05, 0.1) is 6.04 Å². The van der Waals surface area contributed by atoms with Gasteiger partial charge in [-0.05, 0) is 31.3 Å². The summed E-state index contributed by atoms with van der Waals surface area (Å²) in [6.07, 6.45) is 0. The average Bonchev–Trinajstić information content (AvgIpc) is 2.36. The lowest BCUT2D eigenvalue weighted by Gasteiger charge is -2.18. The van der Waals surface area contributed by atoms with Gasteiger partial charge in [-0.1, -0.05) is 6.07 Å². The Morgan fingerprint density at radius 3 is 2.05 bits per heavy atom. The van der Waals surface area contributed by atoms with Gasteiger partial charge < -0.3 is 5.32 Å². The SMILES string of the molecule is CNC(c1ccc(F)cc1F)c1cc(F)ccc1F. The Kier molecular flexibility index (Phi) is 3.85. The Bertz CT molecular complexity index is 598. The molecule has 0 aromatic heterocycles. The molecule has 0 aliphatic rings. The maximum Gasteiger partial charge on any atom is 0.131 e. The minimum atomic E-state index is -0.892. The van der Waals surface area contributed by atoms with E-state index in [4.69, 9.17) is 0 Å². The summed E-state index contributed by atoms with van der Waals surface area (Å²) in [4.78, 5) is 0. The summed E-state index contributed by atoms with van der Waals surface area (Å²) in [6, 6.07) is 5.02. The van der Waals surface area contributed by atoms with E-state index in [0.29, 0.717) is 6.07 Å². The zero-order valence-corrected chi connectivity index (χ0v) is 10.1. The van der Waals surface area contributed by atoms with Crippen molar-refractivity contribution in [1.29, 1.82) is 0 Å². The molecule has 0 heterocycles. The van der Waals surface area contributed by atoms with E-state index in [1.165, 1.54) is 13.1 Å². The molecule has 0 spiro atoms. The fourth-order valence-corrected chi connectivity index (χ4v) is 1.95. The predicted octanol–water partition coefficient (Wildman–Crippen LogP) is 3.55. The van der Waals surface area contributed by atoms with E-state index < -0.39 is 29.3 Å². The highest BCUT2D eigenvalue weighted by Gasteiger charge is 2.20. The molecular weight excluding hydrogens is 258 g/mol. The van der Waals surface area contributed by atoms with Crippen LogP contribution in [0.5, 0.6) is 0 Å². The fraction of sp³-hybridized carbons (Fsp3) is 0.143. The van der Waals surface area contributed by atoms with Crippen molar-refractivity contribution < 1.29 is 17.6 Å². The number of hydrogen-bond acceptors (Lipinski definition) is 1. The number of benzene rings is 2. The highest BCUT2D eigenvalue weighted by Crippen LogP contribution is 2.27. The molecule has 0 aliphatic heterocycles. The highest BCUT2D eigenvalue weighted by atomic mass is 19.1. The third kappa shape index (κ3) is 2.76. The monoisotopic (exact) mass is 269 g/mol. The van der Waals surface area contributed by atoms with Crippen LogP contribution >= 0.6 is 0 Å².